The van der Waals surface area contributed by atoms with Crippen LogP contribution in [0.25, 0.3) is 0 Å². The predicted octanol–water partition coefficient (Wildman–Crippen LogP) is 4.35. The van der Waals surface area contributed by atoms with Crippen LogP contribution in [0.4, 0.5) is 14.5 Å². The summed E-state index contributed by atoms with van der Waals surface area (Å²) in [6.07, 6.45) is 0.286. The van der Waals surface area contributed by atoms with Crippen LogP contribution < -0.4 is 10.2 Å². The molecule has 0 radical (unpaired) electrons. The number of rotatable bonds is 12. The van der Waals surface area contributed by atoms with Gasteiger partial charge in [0.15, 0.2) is 0 Å². The molecular weight excluding hydrogens is 516 g/mol. The first-order chi connectivity index (χ1) is 18.7. The van der Waals surface area contributed by atoms with Gasteiger partial charge in [-0.2, -0.15) is 0 Å². The molecular formula is C30H41F2N5O3. The molecule has 218 valence electrons. The first kappa shape index (κ1) is 31.0. The number of nitrogens with zero attached hydrogens (tertiary/aromatic N) is 4. The Kier molecular flexibility index (Phi) is 10.6. The van der Waals surface area contributed by atoms with E-state index in [1.165, 1.54) is 11.1 Å². The summed E-state index contributed by atoms with van der Waals surface area (Å²) in [5.41, 5.74) is 4.67. The van der Waals surface area contributed by atoms with Crippen molar-refractivity contribution in [3.05, 3.63) is 64.2 Å². The normalized spacial score (nSPS) is 14.2. The van der Waals surface area contributed by atoms with Crippen molar-refractivity contribution in [3.8, 4) is 0 Å². The van der Waals surface area contributed by atoms with Gasteiger partial charge in [-0.05, 0) is 41.7 Å². The average molecular weight is 558 g/mol. The average Bonchev–Trinajstić information content (AvgIpc) is 3.45. The maximum Gasteiger partial charge on any atom is 0.256 e. The van der Waals surface area contributed by atoms with E-state index >= 15 is 0 Å². The third-order valence-corrected chi connectivity index (χ3v) is 7.37. The molecule has 3 amide bonds. The zero-order valence-corrected chi connectivity index (χ0v) is 22.9. The fraction of sp³-hybridized carbons (Fsp3) is 0.500. The number of likely N-dealkylation sites (N-methyl/N-ethyl adjacent to an activating group) is 1. The molecule has 2 aromatic carbocycles. The predicted molar refractivity (Wildman–Crippen MR) is 152 cm³/mol. The summed E-state index contributed by atoms with van der Waals surface area (Å²) in [6.45, 7) is 5.04. The number of nitrogens with one attached hydrogen (secondary N) is 1. The van der Waals surface area contributed by atoms with Gasteiger partial charge in [-0.25, -0.2) is 13.8 Å². The van der Waals surface area contributed by atoms with Gasteiger partial charge in [-0.3, -0.25) is 19.4 Å². The molecule has 2 aliphatic heterocycles. The molecule has 40 heavy (non-hydrogen) atoms. The number of fused-ring (bicyclic) bond motifs is 2. The maximum atomic E-state index is 13.5. The zero-order chi connectivity index (χ0) is 28.1. The minimum absolute atomic E-state index is 0. The highest BCUT2D eigenvalue weighted by Crippen LogP contribution is 2.31. The number of halogens is 2. The summed E-state index contributed by atoms with van der Waals surface area (Å²) < 4.78 is 26.0. The van der Waals surface area contributed by atoms with Gasteiger partial charge >= 0.3 is 0 Å². The van der Waals surface area contributed by atoms with Crippen molar-refractivity contribution in [1.82, 2.24) is 20.2 Å². The summed E-state index contributed by atoms with van der Waals surface area (Å²) in [5, 5.41) is 6.47. The van der Waals surface area contributed by atoms with E-state index in [1.54, 1.807) is 29.1 Å². The first-order valence-corrected chi connectivity index (χ1v) is 13.5. The molecule has 0 saturated carbocycles. The van der Waals surface area contributed by atoms with Crippen LogP contribution >= 0.6 is 0 Å². The third-order valence-electron chi connectivity index (χ3n) is 7.37. The van der Waals surface area contributed by atoms with E-state index in [2.05, 4.69) is 12.2 Å². The van der Waals surface area contributed by atoms with Crippen molar-refractivity contribution in [3.63, 3.8) is 0 Å². The van der Waals surface area contributed by atoms with E-state index in [4.69, 9.17) is 0 Å². The molecule has 10 heteroatoms. The van der Waals surface area contributed by atoms with Crippen LogP contribution in [0.1, 0.15) is 66.2 Å². The molecule has 0 aromatic heterocycles. The van der Waals surface area contributed by atoms with Gasteiger partial charge in [-0.1, -0.05) is 57.5 Å². The topological polar surface area (TPSA) is 76.2 Å². The van der Waals surface area contributed by atoms with E-state index < -0.39 is 18.9 Å². The second-order valence-corrected chi connectivity index (χ2v) is 10.3. The number of benzene rings is 2. The summed E-state index contributed by atoms with van der Waals surface area (Å²) in [5.74, 6) is -0.887. The van der Waals surface area contributed by atoms with Crippen molar-refractivity contribution in [2.45, 2.75) is 66.6 Å². The van der Waals surface area contributed by atoms with Crippen molar-refractivity contribution >= 4 is 23.4 Å². The number of unbranched alkanes of at least 4 members (excludes halogenated alkanes) is 2. The SMILES string of the molecule is C.CCCCCNC(=O)CN(CC(=O)N(C)N1Cc2ccccc2C1)c1cc2c(cc1C)CN(CC(F)F)C2=O. The molecule has 0 atom stereocenters. The Labute approximate surface area is 235 Å². The highest BCUT2D eigenvalue weighted by Gasteiger charge is 2.32. The van der Waals surface area contributed by atoms with Crippen LogP contribution in [-0.4, -0.2) is 72.3 Å². The van der Waals surface area contributed by atoms with Crippen LogP contribution in [0.3, 0.4) is 0 Å². The molecule has 0 unspecified atom stereocenters. The second kappa shape index (κ2) is 13.7. The smallest absolute Gasteiger partial charge is 0.256 e. The Morgan fingerprint density at radius 3 is 2.33 bits per heavy atom. The van der Waals surface area contributed by atoms with Crippen molar-refractivity contribution in [2.75, 3.05) is 38.1 Å². The van der Waals surface area contributed by atoms with Crippen LogP contribution in [0, 0.1) is 6.92 Å². The fourth-order valence-corrected chi connectivity index (χ4v) is 5.20. The lowest BCUT2D eigenvalue weighted by Crippen LogP contribution is -2.48. The number of aryl methyl sites for hydroxylation is 1. The van der Waals surface area contributed by atoms with Gasteiger partial charge in [0.2, 0.25) is 5.91 Å². The number of hydrazine groups is 1. The maximum absolute atomic E-state index is 13.5. The molecule has 8 nitrogen and oxygen atoms in total. The number of amides is 3. The molecule has 0 spiro atoms. The van der Waals surface area contributed by atoms with E-state index in [1.807, 2.05) is 36.2 Å². The van der Waals surface area contributed by atoms with Crippen LogP contribution in [0.5, 0.6) is 0 Å². The molecule has 0 saturated heterocycles. The molecule has 0 bridgehead atoms. The van der Waals surface area contributed by atoms with Crippen LogP contribution in [0.15, 0.2) is 36.4 Å². The Hall–Kier alpha value is -3.53. The lowest BCUT2D eigenvalue weighted by Gasteiger charge is -2.32. The number of anilines is 1. The van der Waals surface area contributed by atoms with Gasteiger partial charge in [0.1, 0.15) is 0 Å². The lowest BCUT2D eigenvalue weighted by atomic mass is 10.0. The Morgan fingerprint density at radius 1 is 1.02 bits per heavy atom. The monoisotopic (exact) mass is 557 g/mol. The summed E-state index contributed by atoms with van der Waals surface area (Å²) >= 11 is 0. The van der Waals surface area contributed by atoms with Gasteiger partial charge in [-0.15, -0.1) is 0 Å². The van der Waals surface area contributed by atoms with Gasteiger partial charge in [0, 0.05) is 44.5 Å². The third kappa shape index (κ3) is 7.15. The number of alkyl halides is 2. The standard InChI is InChI=1S/C29H37F2N5O3.CH4/c1-4-5-8-11-32-27(37)18-34(19-28(38)33(3)36-15-21-9-6-7-10-22(21)16-36)25-13-24-23(12-20(25)2)14-35(29(24)39)17-26(30)31;/h6-7,9-10,12-13,26H,4-5,8,11,14-19H2,1-3H3,(H,32,37);1H4. The Morgan fingerprint density at radius 2 is 1.70 bits per heavy atom. The Bertz CT molecular complexity index is 1200. The molecule has 0 fully saturated rings. The van der Waals surface area contributed by atoms with E-state index in [-0.39, 0.29) is 38.9 Å². The van der Waals surface area contributed by atoms with E-state index in [9.17, 15) is 23.2 Å². The second-order valence-electron chi connectivity index (χ2n) is 10.3. The molecule has 1 N–H and O–H groups in total. The largest absolute Gasteiger partial charge is 0.355 e. The number of carbonyl (C=O) groups is 3. The molecule has 2 heterocycles. The quantitative estimate of drug-likeness (QED) is 0.393. The summed E-state index contributed by atoms with van der Waals surface area (Å²) in [4.78, 5) is 42.0. The molecule has 0 aliphatic carbocycles. The van der Waals surface area contributed by atoms with Crippen molar-refractivity contribution in [2.24, 2.45) is 0 Å². The van der Waals surface area contributed by atoms with Crippen LogP contribution in [-0.2, 0) is 29.2 Å². The van der Waals surface area contributed by atoms with Crippen LogP contribution in [0.2, 0.25) is 0 Å². The minimum atomic E-state index is -2.62. The van der Waals surface area contributed by atoms with Crippen molar-refractivity contribution < 1.29 is 23.2 Å². The number of carbonyl (C=O) groups excluding carboxylic acids is 3. The zero-order valence-electron chi connectivity index (χ0n) is 22.9. The van der Waals surface area contributed by atoms with Crippen molar-refractivity contribution in [1.29, 1.82) is 0 Å². The highest BCUT2D eigenvalue weighted by atomic mass is 19.3. The summed E-state index contributed by atoms with van der Waals surface area (Å²) in [6, 6.07) is 11.5. The lowest BCUT2D eigenvalue weighted by molar-refractivity contribution is -0.145. The van der Waals surface area contributed by atoms with Gasteiger partial charge < -0.3 is 15.1 Å². The highest BCUT2D eigenvalue weighted by molar-refractivity contribution is 6.00. The summed E-state index contributed by atoms with van der Waals surface area (Å²) in [7, 11) is 1.72. The van der Waals surface area contributed by atoms with E-state index in [0.29, 0.717) is 36.4 Å². The van der Waals surface area contributed by atoms with Gasteiger partial charge in [0.25, 0.3) is 18.2 Å². The molecule has 4 rings (SSSR count). The molecule has 2 aliphatic rings. The number of hydrogen-bond acceptors (Lipinski definition) is 5. The first-order valence-electron chi connectivity index (χ1n) is 13.5. The van der Waals surface area contributed by atoms with E-state index in [0.717, 1.165) is 29.7 Å². The minimum Gasteiger partial charge on any atom is -0.355 e. The Balaban J connectivity index is 0.00000441. The number of hydrogen-bond donors (Lipinski definition) is 1. The fourth-order valence-electron chi connectivity index (χ4n) is 5.20. The van der Waals surface area contributed by atoms with Gasteiger partial charge in [0.05, 0.1) is 19.6 Å². The molecule has 2 aromatic rings.